The van der Waals surface area contributed by atoms with Crippen LogP contribution in [0.2, 0.25) is 0 Å². The molecule has 0 saturated heterocycles. The van der Waals surface area contributed by atoms with E-state index in [0.717, 1.165) is 19.5 Å². The van der Waals surface area contributed by atoms with E-state index in [1.807, 2.05) is 0 Å². The highest BCUT2D eigenvalue weighted by Crippen LogP contribution is 2.13. The van der Waals surface area contributed by atoms with E-state index in [9.17, 15) is 9.18 Å². The summed E-state index contributed by atoms with van der Waals surface area (Å²) in [5.74, 6) is -0.233. The molecule has 0 fully saturated rings. The molecule has 0 bridgehead atoms. The molecule has 0 aromatic heterocycles. The summed E-state index contributed by atoms with van der Waals surface area (Å²) in [6, 6.07) is 5.75. The number of hydrogen-bond acceptors (Lipinski definition) is 3. The minimum atomic E-state index is -0.645. The molecule has 2 N–H and O–H groups in total. The summed E-state index contributed by atoms with van der Waals surface area (Å²) in [6.07, 6.45) is 0.417. The third kappa shape index (κ3) is 7.31. The van der Waals surface area contributed by atoms with Crippen LogP contribution >= 0.6 is 12.4 Å². The van der Waals surface area contributed by atoms with Crippen LogP contribution < -0.4 is 15.4 Å². The smallest absolute Gasteiger partial charge is 0.260 e. The number of rotatable bonds is 8. The topological polar surface area (TPSA) is 50.4 Å². The Morgan fingerprint density at radius 2 is 2.10 bits per heavy atom. The normalized spacial score (nSPS) is 11.3. The van der Waals surface area contributed by atoms with Crippen LogP contribution in [-0.2, 0) is 4.79 Å². The van der Waals surface area contributed by atoms with Crippen LogP contribution in [0.5, 0.6) is 5.75 Å². The Kier molecular flexibility index (Phi) is 9.76. The average Bonchev–Trinajstić information content (AvgIpc) is 2.38. The Morgan fingerprint density at radius 1 is 1.35 bits per heavy atom. The van der Waals surface area contributed by atoms with Crippen molar-refractivity contribution in [2.24, 2.45) is 0 Å². The molecule has 20 heavy (non-hydrogen) atoms. The van der Waals surface area contributed by atoms with Crippen molar-refractivity contribution in [1.82, 2.24) is 10.6 Å². The number of ether oxygens (including phenoxy) is 1. The fraction of sp³-hybridized carbons (Fsp3) is 0.500. The van der Waals surface area contributed by atoms with Crippen molar-refractivity contribution in [2.75, 3.05) is 19.6 Å². The van der Waals surface area contributed by atoms with Crippen molar-refractivity contribution in [2.45, 2.75) is 26.4 Å². The largest absolute Gasteiger partial charge is 0.481 e. The van der Waals surface area contributed by atoms with E-state index >= 15 is 0 Å². The van der Waals surface area contributed by atoms with E-state index in [-0.39, 0.29) is 24.1 Å². The molecule has 1 atom stereocenters. The summed E-state index contributed by atoms with van der Waals surface area (Å²) in [5.41, 5.74) is 0. The lowest BCUT2D eigenvalue weighted by Gasteiger charge is -2.14. The molecule has 0 heterocycles. The van der Waals surface area contributed by atoms with Gasteiger partial charge in [-0.2, -0.15) is 0 Å². The first-order valence-corrected chi connectivity index (χ1v) is 6.54. The fourth-order valence-electron chi connectivity index (χ4n) is 1.52. The molecule has 114 valence electrons. The maximum atomic E-state index is 13.0. The molecule has 0 aliphatic heterocycles. The van der Waals surface area contributed by atoms with E-state index in [1.54, 1.807) is 19.1 Å². The number of halogens is 2. The SMILES string of the molecule is CCCNCCNC(=O)C(C)Oc1cccc(F)c1.Cl. The highest BCUT2D eigenvalue weighted by molar-refractivity contribution is 5.85. The van der Waals surface area contributed by atoms with Gasteiger partial charge in [0, 0.05) is 19.2 Å². The minimum Gasteiger partial charge on any atom is -0.481 e. The van der Waals surface area contributed by atoms with Crippen LogP contribution in [0.4, 0.5) is 4.39 Å². The number of nitrogens with one attached hydrogen (secondary N) is 2. The average molecular weight is 305 g/mol. The van der Waals surface area contributed by atoms with Gasteiger partial charge in [-0.25, -0.2) is 4.39 Å². The predicted octanol–water partition coefficient (Wildman–Crippen LogP) is 2.13. The molecule has 6 heteroatoms. The molecule has 1 aromatic carbocycles. The van der Waals surface area contributed by atoms with E-state index in [4.69, 9.17) is 4.74 Å². The molecule has 1 rings (SSSR count). The Hall–Kier alpha value is -1.33. The summed E-state index contributed by atoms with van der Waals surface area (Å²) in [7, 11) is 0. The maximum absolute atomic E-state index is 13.0. The summed E-state index contributed by atoms with van der Waals surface area (Å²) in [5, 5.41) is 5.94. The van der Waals surface area contributed by atoms with Crippen LogP contribution in [-0.4, -0.2) is 31.6 Å². The third-order valence-corrected chi connectivity index (χ3v) is 2.51. The number of benzene rings is 1. The number of hydrogen-bond donors (Lipinski definition) is 2. The molecule has 0 spiro atoms. The van der Waals surface area contributed by atoms with Gasteiger partial charge in [-0.15, -0.1) is 12.4 Å². The van der Waals surface area contributed by atoms with Gasteiger partial charge >= 0.3 is 0 Å². The number of carbonyl (C=O) groups is 1. The second-order valence-electron chi connectivity index (χ2n) is 4.26. The fourth-order valence-corrected chi connectivity index (χ4v) is 1.52. The van der Waals surface area contributed by atoms with Gasteiger partial charge in [-0.05, 0) is 32.0 Å². The summed E-state index contributed by atoms with van der Waals surface area (Å²) >= 11 is 0. The first kappa shape index (κ1) is 18.7. The Morgan fingerprint density at radius 3 is 2.75 bits per heavy atom. The highest BCUT2D eigenvalue weighted by Gasteiger charge is 2.13. The molecule has 0 aliphatic carbocycles. The zero-order valence-electron chi connectivity index (χ0n) is 11.8. The minimum absolute atomic E-state index is 0. The van der Waals surface area contributed by atoms with Crippen molar-refractivity contribution < 1.29 is 13.9 Å². The second kappa shape index (κ2) is 10.5. The van der Waals surface area contributed by atoms with E-state index in [0.29, 0.717) is 12.3 Å². The van der Waals surface area contributed by atoms with Crippen molar-refractivity contribution in [3.63, 3.8) is 0 Å². The lowest BCUT2D eigenvalue weighted by atomic mass is 10.3. The molecular formula is C14H22ClFN2O2. The van der Waals surface area contributed by atoms with E-state index in [2.05, 4.69) is 17.6 Å². The molecular weight excluding hydrogens is 283 g/mol. The standard InChI is InChI=1S/C14H21FN2O2.ClH/c1-3-7-16-8-9-17-14(18)11(2)19-13-6-4-5-12(15)10-13;/h4-6,10-11,16H,3,7-9H2,1-2H3,(H,17,18);1H. The Balaban J connectivity index is 0.00000361. The van der Waals surface area contributed by atoms with Gasteiger partial charge in [0.05, 0.1) is 0 Å². The van der Waals surface area contributed by atoms with Gasteiger partial charge in [-0.1, -0.05) is 13.0 Å². The Bertz CT molecular complexity index is 405. The van der Waals surface area contributed by atoms with Crippen LogP contribution in [0, 0.1) is 5.82 Å². The molecule has 0 saturated carbocycles. The number of amides is 1. The van der Waals surface area contributed by atoms with Crippen LogP contribution in [0.15, 0.2) is 24.3 Å². The molecule has 0 aliphatic rings. The zero-order chi connectivity index (χ0) is 14.1. The van der Waals surface area contributed by atoms with Crippen molar-refractivity contribution >= 4 is 18.3 Å². The van der Waals surface area contributed by atoms with Gasteiger partial charge in [0.15, 0.2) is 6.10 Å². The zero-order valence-corrected chi connectivity index (χ0v) is 12.6. The second-order valence-corrected chi connectivity index (χ2v) is 4.26. The van der Waals surface area contributed by atoms with Gasteiger partial charge < -0.3 is 15.4 Å². The van der Waals surface area contributed by atoms with E-state index < -0.39 is 6.10 Å². The molecule has 0 radical (unpaired) electrons. The lowest BCUT2D eigenvalue weighted by molar-refractivity contribution is -0.127. The lowest BCUT2D eigenvalue weighted by Crippen LogP contribution is -2.39. The first-order chi connectivity index (χ1) is 9.13. The molecule has 1 unspecified atom stereocenters. The predicted molar refractivity (Wildman–Crippen MR) is 79.9 cm³/mol. The third-order valence-electron chi connectivity index (χ3n) is 2.51. The van der Waals surface area contributed by atoms with Crippen molar-refractivity contribution in [3.8, 4) is 5.75 Å². The summed E-state index contributed by atoms with van der Waals surface area (Å²) < 4.78 is 18.3. The summed E-state index contributed by atoms with van der Waals surface area (Å²) in [4.78, 5) is 11.7. The van der Waals surface area contributed by atoms with E-state index in [1.165, 1.54) is 12.1 Å². The number of carbonyl (C=O) groups excluding carboxylic acids is 1. The Labute approximate surface area is 125 Å². The first-order valence-electron chi connectivity index (χ1n) is 6.54. The van der Waals surface area contributed by atoms with Gasteiger partial charge in [-0.3, -0.25) is 4.79 Å². The molecule has 1 amide bonds. The van der Waals surface area contributed by atoms with Crippen molar-refractivity contribution in [1.29, 1.82) is 0 Å². The van der Waals surface area contributed by atoms with Crippen molar-refractivity contribution in [3.05, 3.63) is 30.1 Å². The maximum Gasteiger partial charge on any atom is 0.260 e. The van der Waals surface area contributed by atoms with Gasteiger partial charge in [0.2, 0.25) is 0 Å². The summed E-state index contributed by atoms with van der Waals surface area (Å²) in [6.45, 7) is 5.94. The van der Waals surface area contributed by atoms with Gasteiger partial charge in [0.1, 0.15) is 11.6 Å². The van der Waals surface area contributed by atoms with Crippen LogP contribution in [0.3, 0.4) is 0 Å². The van der Waals surface area contributed by atoms with Crippen LogP contribution in [0.1, 0.15) is 20.3 Å². The van der Waals surface area contributed by atoms with Crippen LogP contribution in [0.25, 0.3) is 0 Å². The molecule has 1 aromatic rings. The monoisotopic (exact) mass is 304 g/mol. The molecule has 4 nitrogen and oxygen atoms in total. The van der Waals surface area contributed by atoms with Gasteiger partial charge in [0.25, 0.3) is 5.91 Å². The quantitative estimate of drug-likeness (QED) is 0.723. The highest BCUT2D eigenvalue weighted by atomic mass is 35.5.